The highest BCUT2D eigenvalue weighted by atomic mass is 32.1. The molecule has 2 fully saturated rings. The standard InChI is InChI=1S/C21H22N4OS/c1-13-8-11-27-17(13)20(2)16(18(26)25(3)19(23)24-20)14-4-6-15(7-5-14)21(12-22)9-10-21/h4-8,11,16H,9-10H2,1-3H3,(H2,23,24)/t16?,20-/m0/s1. The van der Waals surface area contributed by atoms with Gasteiger partial charge in [-0.2, -0.15) is 5.26 Å². The molecule has 4 rings (SSSR count). The van der Waals surface area contributed by atoms with Crippen LogP contribution >= 0.6 is 11.3 Å². The summed E-state index contributed by atoms with van der Waals surface area (Å²) in [5.41, 5.74) is 2.02. The lowest BCUT2D eigenvalue weighted by atomic mass is 9.75. The monoisotopic (exact) mass is 378 g/mol. The van der Waals surface area contributed by atoms with Crippen molar-refractivity contribution in [1.29, 1.82) is 10.7 Å². The number of hydrogen-bond acceptors (Lipinski definition) is 4. The number of aryl methyl sites for hydroxylation is 1. The minimum atomic E-state index is -0.688. The zero-order valence-corrected chi connectivity index (χ0v) is 16.5. The quantitative estimate of drug-likeness (QED) is 0.856. The van der Waals surface area contributed by atoms with Crippen LogP contribution in [0.2, 0.25) is 0 Å². The van der Waals surface area contributed by atoms with Gasteiger partial charge in [-0.3, -0.25) is 15.1 Å². The van der Waals surface area contributed by atoms with Crippen LogP contribution in [-0.2, 0) is 15.7 Å². The van der Waals surface area contributed by atoms with Crippen LogP contribution in [0.15, 0.2) is 35.7 Å². The summed E-state index contributed by atoms with van der Waals surface area (Å²) in [5.74, 6) is -0.423. The van der Waals surface area contributed by atoms with Crippen molar-refractivity contribution in [3.8, 4) is 6.07 Å². The number of rotatable bonds is 3. The van der Waals surface area contributed by atoms with Crippen molar-refractivity contribution in [2.75, 3.05) is 7.05 Å². The minimum absolute atomic E-state index is 0.0942. The number of hydrogen-bond donors (Lipinski definition) is 2. The molecular formula is C21H22N4OS. The molecule has 2 atom stereocenters. The summed E-state index contributed by atoms with van der Waals surface area (Å²) in [6, 6.07) is 12.4. The molecule has 0 bridgehead atoms. The number of benzene rings is 1. The number of thiophene rings is 1. The maximum atomic E-state index is 13.2. The number of nitrogens with one attached hydrogen (secondary N) is 2. The van der Waals surface area contributed by atoms with E-state index < -0.39 is 11.5 Å². The molecule has 2 heterocycles. The minimum Gasteiger partial charge on any atom is -0.345 e. The lowest BCUT2D eigenvalue weighted by Gasteiger charge is -2.45. The van der Waals surface area contributed by atoms with Crippen molar-refractivity contribution in [2.45, 2.75) is 43.6 Å². The number of amides is 1. The summed E-state index contributed by atoms with van der Waals surface area (Å²) >= 11 is 1.61. The highest BCUT2D eigenvalue weighted by Crippen LogP contribution is 2.48. The van der Waals surface area contributed by atoms with E-state index in [-0.39, 0.29) is 17.3 Å². The van der Waals surface area contributed by atoms with Gasteiger partial charge in [-0.05, 0) is 54.8 Å². The second kappa shape index (κ2) is 5.93. The van der Waals surface area contributed by atoms with Crippen LogP contribution in [0.25, 0.3) is 0 Å². The maximum Gasteiger partial charge on any atom is 0.239 e. The Morgan fingerprint density at radius 1 is 1.30 bits per heavy atom. The van der Waals surface area contributed by atoms with Gasteiger partial charge in [0.15, 0.2) is 5.96 Å². The fourth-order valence-electron chi connectivity index (χ4n) is 4.11. The molecule has 2 N–H and O–H groups in total. The third-order valence-corrected chi connectivity index (χ3v) is 7.22. The lowest BCUT2D eigenvalue weighted by Crippen LogP contribution is -2.62. The molecule has 1 unspecified atom stereocenters. The SMILES string of the molecule is Cc1ccsc1[C@@]1(C)NC(=N)N(C)C(=O)C1c1ccc(C2(C#N)CC2)cc1. The molecule has 1 aromatic heterocycles. The third kappa shape index (κ3) is 2.57. The zero-order valence-electron chi connectivity index (χ0n) is 15.7. The normalized spacial score (nSPS) is 26.4. The maximum absolute atomic E-state index is 13.2. The number of carbonyl (C=O) groups is 1. The Kier molecular flexibility index (Phi) is 3.90. The van der Waals surface area contributed by atoms with Crippen LogP contribution in [-0.4, -0.2) is 23.8 Å². The zero-order chi connectivity index (χ0) is 19.4. The van der Waals surface area contributed by atoms with Crippen molar-refractivity contribution in [3.05, 3.63) is 57.3 Å². The summed E-state index contributed by atoms with van der Waals surface area (Å²) < 4.78 is 0. The van der Waals surface area contributed by atoms with Crippen molar-refractivity contribution in [3.63, 3.8) is 0 Å². The Balaban J connectivity index is 1.80. The van der Waals surface area contributed by atoms with Crippen molar-refractivity contribution >= 4 is 23.2 Å². The van der Waals surface area contributed by atoms with Crippen LogP contribution in [0, 0.1) is 23.7 Å². The molecule has 1 aromatic carbocycles. The van der Waals surface area contributed by atoms with Gasteiger partial charge in [0, 0.05) is 11.9 Å². The molecule has 6 heteroatoms. The molecule has 0 radical (unpaired) electrons. The Hall–Kier alpha value is -2.65. The first-order valence-electron chi connectivity index (χ1n) is 9.03. The number of guanidine groups is 1. The van der Waals surface area contributed by atoms with Crippen molar-refractivity contribution in [2.24, 2.45) is 0 Å². The lowest BCUT2D eigenvalue weighted by molar-refractivity contribution is -0.131. The van der Waals surface area contributed by atoms with Gasteiger partial charge in [0.1, 0.15) is 0 Å². The number of nitrogens with zero attached hydrogens (tertiary/aromatic N) is 2. The van der Waals surface area contributed by atoms with Crippen molar-refractivity contribution in [1.82, 2.24) is 10.2 Å². The number of nitriles is 1. The molecule has 1 amide bonds. The van der Waals surface area contributed by atoms with E-state index in [0.29, 0.717) is 0 Å². The molecule has 1 saturated heterocycles. The first kappa shape index (κ1) is 17.7. The smallest absolute Gasteiger partial charge is 0.239 e. The second-order valence-electron chi connectivity index (χ2n) is 7.75. The van der Waals surface area contributed by atoms with Gasteiger partial charge < -0.3 is 5.32 Å². The predicted octanol–water partition coefficient (Wildman–Crippen LogP) is 3.61. The molecule has 1 saturated carbocycles. The molecular weight excluding hydrogens is 356 g/mol. The molecule has 1 aliphatic carbocycles. The topological polar surface area (TPSA) is 80.0 Å². The van der Waals surface area contributed by atoms with Crippen LogP contribution < -0.4 is 5.32 Å². The number of carbonyl (C=O) groups excluding carboxylic acids is 1. The van der Waals surface area contributed by atoms with Crippen molar-refractivity contribution < 1.29 is 4.79 Å². The van der Waals surface area contributed by atoms with Gasteiger partial charge in [0.2, 0.25) is 5.91 Å². The van der Waals surface area contributed by atoms with Gasteiger partial charge >= 0.3 is 0 Å². The Bertz CT molecular complexity index is 967. The highest BCUT2D eigenvalue weighted by Gasteiger charge is 2.50. The first-order chi connectivity index (χ1) is 12.8. The largest absolute Gasteiger partial charge is 0.345 e. The molecule has 5 nitrogen and oxygen atoms in total. The summed E-state index contributed by atoms with van der Waals surface area (Å²) in [6.07, 6.45) is 1.80. The van der Waals surface area contributed by atoms with Gasteiger partial charge in [0.05, 0.1) is 22.9 Å². The van der Waals surface area contributed by atoms with Gasteiger partial charge in [-0.25, -0.2) is 0 Å². The van der Waals surface area contributed by atoms with Gasteiger partial charge in [0.25, 0.3) is 0 Å². The van der Waals surface area contributed by atoms with Crippen LogP contribution in [0.4, 0.5) is 0 Å². The van der Waals surface area contributed by atoms with E-state index in [1.165, 1.54) is 4.90 Å². The Morgan fingerprint density at radius 3 is 2.48 bits per heavy atom. The molecule has 0 spiro atoms. The third-order valence-electron chi connectivity index (χ3n) is 5.96. The Labute approximate surface area is 163 Å². The fourth-order valence-corrected chi connectivity index (χ4v) is 5.18. The van der Waals surface area contributed by atoms with E-state index in [1.54, 1.807) is 18.4 Å². The summed E-state index contributed by atoms with van der Waals surface area (Å²) in [6.45, 7) is 4.04. The molecule has 1 aliphatic heterocycles. The average Bonchev–Trinajstić information content (AvgIpc) is 3.34. The van der Waals surface area contributed by atoms with Gasteiger partial charge in [-0.15, -0.1) is 11.3 Å². The van der Waals surface area contributed by atoms with E-state index in [4.69, 9.17) is 5.41 Å². The molecule has 2 aliphatic rings. The van der Waals surface area contributed by atoms with Crippen LogP contribution in [0.5, 0.6) is 0 Å². The highest BCUT2D eigenvalue weighted by molar-refractivity contribution is 7.10. The summed E-state index contributed by atoms with van der Waals surface area (Å²) in [7, 11) is 1.63. The number of likely N-dealkylation sites (N-methyl/N-ethyl adjacent to an activating group) is 1. The average molecular weight is 379 g/mol. The first-order valence-corrected chi connectivity index (χ1v) is 9.91. The van der Waals surface area contributed by atoms with E-state index in [0.717, 1.165) is 34.4 Å². The van der Waals surface area contributed by atoms with E-state index in [1.807, 2.05) is 49.6 Å². The van der Waals surface area contributed by atoms with Crippen LogP contribution in [0.1, 0.15) is 47.3 Å². The van der Waals surface area contributed by atoms with E-state index >= 15 is 0 Å². The second-order valence-corrected chi connectivity index (χ2v) is 8.67. The van der Waals surface area contributed by atoms with Gasteiger partial charge in [-0.1, -0.05) is 24.3 Å². The predicted molar refractivity (Wildman–Crippen MR) is 106 cm³/mol. The Morgan fingerprint density at radius 2 is 1.96 bits per heavy atom. The van der Waals surface area contributed by atoms with Crippen LogP contribution in [0.3, 0.4) is 0 Å². The van der Waals surface area contributed by atoms with E-state index in [2.05, 4.69) is 11.4 Å². The summed E-state index contributed by atoms with van der Waals surface area (Å²) in [4.78, 5) is 15.6. The fraction of sp³-hybridized carbons (Fsp3) is 0.381. The van der Waals surface area contributed by atoms with E-state index in [9.17, 15) is 10.1 Å². The molecule has 27 heavy (non-hydrogen) atoms. The summed E-state index contributed by atoms with van der Waals surface area (Å²) in [5, 5.41) is 22.9. The molecule has 2 aromatic rings. The molecule has 138 valence electrons.